The summed E-state index contributed by atoms with van der Waals surface area (Å²) in [6, 6.07) is 4.93. The van der Waals surface area contributed by atoms with Crippen LogP contribution in [0.2, 0.25) is 5.02 Å². The molecule has 0 saturated heterocycles. The summed E-state index contributed by atoms with van der Waals surface area (Å²) in [5, 5.41) is 0.460. The third kappa shape index (κ3) is 6.57. The van der Waals surface area contributed by atoms with Gasteiger partial charge >= 0.3 is 0 Å². The lowest BCUT2D eigenvalue weighted by Gasteiger charge is -2.31. The molecule has 9 heteroatoms. The first kappa shape index (κ1) is 24.9. The summed E-state index contributed by atoms with van der Waals surface area (Å²) in [7, 11) is -3.51. The standard InChI is InChI=1S/C21H35ClN4O3S/c1-5-7-19(23)21(27)25-13-12-24(16(2)3)10-6-11-26(30(4,28)29)20-14-18(22)9-8-17(20)15-25/h8-9,14,16,19H,5-7,10-13,15,23H2,1-4H3/t19-/m0/s1. The molecule has 0 fully saturated rings. The van der Waals surface area contributed by atoms with Crippen molar-refractivity contribution in [2.24, 2.45) is 5.73 Å². The Kier molecular flexibility index (Phi) is 8.97. The van der Waals surface area contributed by atoms with Crippen LogP contribution >= 0.6 is 11.6 Å². The smallest absolute Gasteiger partial charge is 0.239 e. The SMILES string of the molecule is CCC[C@H](N)C(=O)N1CCN(C(C)C)CCCN(S(C)(=O)=O)c2cc(Cl)ccc2C1. The molecule has 0 spiro atoms. The van der Waals surface area contributed by atoms with Crippen LogP contribution in [-0.2, 0) is 21.4 Å². The topological polar surface area (TPSA) is 87.0 Å². The number of nitrogens with two attached hydrogens (primary N) is 1. The molecule has 0 bridgehead atoms. The normalized spacial score (nSPS) is 18.1. The molecule has 0 radical (unpaired) electrons. The van der Waals surface area contributed by atoms with E-state index in [0.29, 0.717) is 49.7 Å². The summed E-state index contributed by atoms with van der Waals surface area (Å²) in [5.74, 6) is -0.105. The van der Waals surface area contributed by atoms with Crippen LogP contribution in [0.4, 0.5) is 5.69 Å². The largest absolute Gasteiger partial charge is 0.336 e. The zero-order valence-corrected chi connectivity index (χ0v) is 20.0. The maximum Gasteiger partial charge on any atom is 0.239 e. The van der Waals surface area contributed by atoms with Crippen molar-refractivity contribution < 1.29 is 13.2 Å². The van der Waals surface area contributed by atoms with Crippen molar-refractivity contribution in [3.05, 3.63) is 28.8 Å². The molecule has 0 saturated carbocycles. The summed E-state index contributed by atoms with van der Waals surface area (Å²) in [5.41, 5.74) is 7.43. The molecule has 0 aromatic heterocycles. The van der Waals surface area contributed by atoms with Gasteiger partial charge < -0.3 is 10.6 Å². The summed E-state index contributed by atoms with van der Waals surface area (Å²) in [4.78, 5) is 17.1. The van der Waals surface area contributed by atoms with Crippen LogP contribution in [0.25, 0.3) is 0 Å². The average Bonchev–Trinajstić information content (AvgIpc) is 2.69. The number of carbonyl (C=O) groups is 1. The van der Waals surface area contributed by atoms with Gasteiger partial charge in [0.15, 0.2) is 0 Å². The van der Waals surface area contributed by atoms with Gasteiger partial charge in [-0.15, -0.1) is 0 Å². The van der Waals surface area contributed by atoms with Crippen LogP contribution in [0, 0.1) is 0 Å². The molecule has 1 atom stereocenters. The van der Waals surface area contributed by atoms with E-state index in [0.717, 1.165) is 18.5 Å². The maximum atomic E-state index is 13.1. The van der Waals surface area contributed by atoms with E-state index in [2.05, 4.69) is 18.7 Å². The zero-order chi connectivity index (χ0) is 22.5. The van der Waals surface area contributed by atoms with Gasteiger partial charge in [-0.05, 0) is 44.4 Å². The minimum atomic E-state index is -3.51. The number of rotatable bonds is 5. The van der Waals surface area contributed by atoms with E-state index in [1.807, 2.05) is 6.92 Å². The van der Waals surface area contributed by atoms with Crippen LogP contribution in [-0.4, -0.2) is 68.6 Å². The van der Waals surface area contributed by atoms with Gasteiger partial charge in [-0.2, -0.15) is 0 Å². The predicted molar refractivity (Wildman–Crippen MR) is 123 cm³/mol. The Hall–Kier alpha value is -1.35. The number of fused-ring (bicyclic) bond motifs is 1. The molecule has 1 heterocycles. The third-order valence-corrected chi connectivity index (χ3v) is 6.92. The highest BCUT2D eigenvalue weighted by molar-refractivity contribution is 7.92. The summed E-state index contributed by atoms with van der Waals surface area (Å²) in [6.45, 7) is 8.86. The average molecular weight is 459 g/mol. The fraction of sp³-hybridized carbons (Fsp3) is 0.667. The number of halogens is 1. The van der Waals surface area contributed by atoms with Crippen molar-refractivity contribution in [1.82, 2.24) is 9.80 Å². The van der Waals surface area contributed by atoms with Crippen molar-refractivity contribution in [2.45, 2.75) is 58.7 Å². The second-order valence-corrected chi connectivity index (χ2v) is 10.6. The molecule has 1 amide bonds. The van der Waals surface area contributed by atoms with Crippen LogP contribution in [0.3, 0.4) is 0 Å². The summed E-state index contributed by atoms with van der Waals surface area (Å²) in [6.07, 6.45) is 3.33. The van der Waals surface area contributed by atoms with Crippen molar-refractivity contribution >= 4 is 33.2 Å². The van der Waals surface area contributed by atoms with Gasteiger partial charge in [-0.3, -0.25) is 14.0 Å². The molecule has 1 aliphatic heterocycles. The van der Waals surface area contributed by atoms with Gasteiger partial charge in [0.25, 0.3) is 0 Å². The van der Waals surface area contributed by atoms with Crippen molar-refractivity contribution in [2.75, 3.05) is 36.7 Å². The lowest BCUT2D eigenvalue weighted by Crippen LogP contribution is -2.47. The molecule has 1 aliphatic rings. The van der Waals surface area contributed by atoms with E-state index in [1.54, 1.807) is 23.1 Å². The van der Waals surface area contributed by atoms with Crippen molar-refractivity contribution in [1.29, 1.82) is 0 Å². The van der Waals surface area contributed by atoms with Gasteiger partial charge in [0.05, 0.1) is 18.0 Å². The Bertz CT molecular complexity index is 832. The monoisotopic (exact) mass is 458 g/mol. The fourth-order valence-electron chi connectivity index (χ4n) is 3.80. The Balaban J connectivity index is 2.50. The lowest BCUT2D eigenvalue weighted by atomic mass is 10.1. The highest BCUT2D eigenvalue weighted by atomic mass is 35.5. The van der Waals surface area contributed by atoms with E-state index in [1.165, 1.54) is 10.6 Å². The Morgan fingerprint density at radius 1 is 1.20 bits per heavy atom. The first-order chi connectivity index (χ1) is 14.0. The minimum absolute atomic E-state index is 0.105. The van der Waals surface area contributed by atoms with E-state index in [-0.39, 0.29) is 11.9 Å². The number of anilines is 1. The molecular weight excluding hydrogens is 424 g/mol. The zero-order valence-electron chi connectivity index (χ0n) is 18.5. The first-order valence-corrected chi connectivity index (χ1v) is 12.8. The van der Waals surface area contributed by atoms with Crippen LogP contribution in [0.15, 0.2) is 18.2 Å². The number of benzene rings is 1. The maximum absolute atomic E-state index is 13.1. The third-order valence-electron chi connectivity index (χ3n) is 5.50. The fourth-order valence-corrected chi connectivity index (χ4v) is 4.96. The Morgan fingerprint density at radius 2 is 1.90 bits per heavy atom. The van der Waals surface area contributed by atoms with E-state index in [4.69, 9.17) is 17.3 Å². The summed E-state index contributed by atoms with van der Waals surface area (Å²) < 4.78 is 26.6. The number of hydrogen-bond donors (Lipinski definition) is 1. The first-order valence-electron chi connectivity index (χ1n) is 10.6. The molecule has 1 aromatic carbocycles. The second kappa shape index (κ2) is 10.8. The highest BCUT2D eigenvalue weighted by Crippen LogP contribution is 2.29. The van der Waals surface area contributed by atoms with Crippen molar-refractivity contribution in [3.63, 3.8) is 0 Å². The molecule has 7 nitrogen and oxygen atoms in total. The van der Waals surface area contributed by atoms with Gasteiger partial charge in [0, 0.05) is 43.8 Å². The number of hydrogen-bond acceptors (Lipinski definition) is 5. The predicted octanol–water partition coefficient (Wildman–Crippen LogP) is 2.68. The van der Waals surface area contributed by atoms with E-state index in [9.17, 15) is 13.2 Å². The van der Waals surface area contributed by atoms with Gasteiger partial charge in [0.1, 0.15) is 0 Å². The molecule has 0 aliphatic carbocycles. The molecule has 2 rings (SSSR count). The van der Waals surface area contributed by atoms with E-state index < -0.39 is 16.1 Å². The van der Waals surface area contributed by atoms with Gasteiger partial charge in [-0.1, -0.05) is 31.0 Å². The quantitative estimate of drug-likeness (QED) is 0.732. The minimum Gasteiger partial charge on any atom is -0.336 e. The Labute approximate surface area is 186 Å². The Morgan fingerprint density at radius 3 is 2.50 bits per heavy atom. The number of sulfonamides is 1. The van der Waals surface area contributed by atoms with Crippen molar-refractivity contribution in [3.8, 4) is 0 Å². The van der Waals surface area contributed by atoms with Crippen LogP contribution in [0.5, 0.6) is 0 Å². The number of carbonyl (C=O) groups excluding carboxylic acids is 1. The highest BCUT2D eigenvalue weighted by Gasteiger charge is 2.27. The number of amides is 1. The molecule has 170 valence electrons. The molecule has 2 N–H and O–H groups in total. The van der Waals surface area contributed by atoms with Gasteiger partial charge in [0.2, 0.25) is 15.9 Å². The molecule has 0 unspecified atom stereocenters. The van der Waals surface area contributed by atoms with Gasteiger partial charge in [-0.25, -0.2) is 8.42 Å². The van der Waals surface area contributed by atoms with E-state index >= 15 is 0 Å². The summed E-state index contributed by atoms with van der Waals surface area (Å²) >= 11 is 6.22. The molecule has 30 heavy (non-hydrogen) atoms. The second-order valence-electron chi connectivity index (χ2n) is 8.25. The lowest BCUT2D eigenvalue weighted by molar-refractivity contribution is -0.133. The van der Waals surface area contributed by atoms with Crippen LogP contribution < -0.4 is 10.0 Å². The number of nitrogens with zero attached hydrogens (tertiary/aromatic N) is 3. The van der Waals surface area contributed by atoms with Crippen LogP contribution in [0.1, 0.15) is 45.6 Å². The molecular formula is C21H35ClN4O3S. The molecule has 1 aromatic rings.